The topological polar surface area (TPSA) is 85.3 Å². The third-order valence-corrected chi connectivity index (χ3v) is 7.10. The highest BCUT2D eigenvalue weighted by Gasteiger charge is 2.40. The summed E-state index contributed by atoms with van der Waals surface area (Å²) in [7, 11) is 1.58. The maximum atomic E-state index is 14.1. The molecule has 40 heavy (non-hydrogen) atoms. The summed E-state index contributed by atoms with van der Waals surface area (Å²) in [6.45, 7) is 2.44. The Balaban J connectivity index is 1.46. The minimum Gasteiger partial charge on any atom is -0.497 e. The third-order valence-electron chi connectivity index (χ3n) is 7.10. The number of carbonyl (C=O) groups excluding carboxylic acids is 1. The van der Waals surface area contributed by atoms with Crippen LogP contribution >= 0.6 is 0 Å². The van der Waals surface area contributed by atoms with E-state index < -0.39 is 24.0 Å². The third kappa shape index (κ3) is 5.78. The van der Waals surface area contributed by atoms with E-state index in [-0.39, 0.29) is 13.0 Å². The summed E-state index contributed by atoms with van der Waals surface area (Å²) in [5, 5.41) is 10.3. The Morgan fingerprint density at radius 3 is 2.20 bits per heavy atom. The minimum absolute atomic E-state index is 0.127. The lowest BCUT2D eigenvalue weighted by Crippen LogP contribution is -2.51. The first-order chi connectivity index (χ1) is 19.4. The summed E-state index contributed by atoms with van der Waals surface area (Å²) in [6.07, 6.45) is -0.899. The lowest BCUT2D eigenvalue weighted by molar-refractivity contribution is -0.155. The molecule has 1 heterocycles. The molecule has 0 fully saturated rings. The second kappa shape index (κ2) is 11.9. The zero-order chi connectivity index (χ0) is 28.1. The van der Waals surface area contributed by atoms with Gasteiger partial charge in [-0.15, -0.1) is 0 Å². The van der Waals surface area contributed by atoms with Crippen molar-refractivity contribution in [3.8, 4) is 17.2 Å². The average Bonchev–Trinajstić information content (AvgIpc) is 2.99. The number of carboxylic acids is 1. The van der Waals surface area contributed by atoms with Crippen molar-refractivity contribution in [1.29, 1.82) is 0 Å². The largest absolute Gasteiger partial charge is 0.497 e. The van der Waals surface area contributed by atoms with Crippen molar-refractivity contribution in [3.05, 3.63) is 125 Å². The number of aryl methyl sites for hydroxylation is 1. The summed E-state index contributed by atoms with van der Waals surface area (Å²) in [5.74, 6) is 0.306. The van der Waals surface area contributed by atoms with Gasteiger partial charge in [0, 0.05) is 24.1 Å². The summed E-state index contributed by atoms with van der Waals surface area (Å²) < 4.78 is 17.7. The van der Waals surface area contributed by atoms with Crippen LogP contribution in [0, 0.1) is 6.92 Å². The number of amides is 1. The van der Waals surface area contributed by atoms with E-state index in [0.717, 1.165) is 22.3 Å². The molecule has 1 amide bonds. The number of hydrogen-bond donors (Lipinski definition) is 1. The number of methoxy groups -OCH3 is 1. The molecule has 0 unspecified atom stereocenters. The van der Waals surface area contributed by atoms with E-state index in [4.69, 9.17) is 14.2 Å². The molecular weight excluding hydrogens is 506 g/mol. The summed E-state index contributed by atoms with van der Waals surface area (Å²) >= 11 is 0. The van der Waals surface area contributed by atoms with Crippen molar-refractivity contribution in [2.75, 3.05) is 7.11 Å². The van der Waals surface area contributed by atoms with Gasteiger partial charge in [0.25, 0.3) is 5.91 Å². The number of carboxylic acid groups (broad SMARTS) is 1. The maximum absolute atomic E-state index is 14.1. The minimum atomic E-state index is -1.08. The van der Waals surface area contributed by atoms with Gasteiger partial charge >= 0.3 is 5.97 Å². The summed E-state index contributed by atoms with van der Waals surface area (Å²) in [4.78, 5) is 28.1. The van der Waals surface area contributed by atoms with Crippen LogP contribution in [0.3, 0.4) is 0 Å². The number of rotatable bonds is 9. The van der Waals surface area contributed by atoms with Gasteiger partial charge in [0.1, 0.15) is 29.9 Å². The molecule has 0 aliphatic carbocycles. The van der Waals surface area contributed by atoms with Gasteiger partial charge in [-0.3, -0.25) is 4.79 Å². The van der Waals surface area contributed by atoms with E-state index in [9.17, 15) is 14.7 Å². The molecule has 0 saturated carbocycles. The van der Waals surface area contributed by atoms with E-state index in [1.807, 2.05) is 67.6 Å². The SMILES string of the molecule is COc1ccc(O[C@H](C(=O)N2Cc3ccc(C)c(OCc4ccccc4)c3C[C@H]2C(=O)O)c2ccccc2)cc1. The Labute approximate surface area is 233 Å². The number of nitrogens with zero attached hydrogens (tertiary/aromatic N) is 1. The predicted octanol–water partition coefficient (Wildman–Crippen LogP) is 5.74. The van der Waals surface area contributed by atoms with Crippen LogP contribution < -0.4 is 14.2 Å². The molecule has 4 aromatic carbocycles. The van der Waals surface area contributed by atoms with Gasteiger partial charge in [-0.05, 0) is 47.9 Å². The zero-order valence-corrected chi connectivity index (χ0v) is 22.4. The smallest absolute Gasteiger partial charge is 0.326 e. The number of ether oxygens (including phenoxy) is 3. The lowest BCUT2D eigenvalue weighted by Gasteiger charge is -2.37. The molecule has 1 aliphatic heterocycles. The fourth-order valence-corrected chi connectivity index (χ4v) is 4.97. The van der Waals surface area contributed by atoms with Crippen LogP contribution in [-0.4, -0.2) is 35.0 Å². The van der Waals surface area contributed by atoms with E-state index >= 15 is 0 Å². The van der Waals surface area contributed by atoms with Gasteiger partial charge in [-0.25, -0.2) is 4.79 Å². The van der Waals surface area contributed by atoms with Crippen LogP contribution in [0.4, 0.5) is 0 Å². The van der Waals surface area contributed by atoms with Crippen LogP contribution in [0.25, 0.3) is 0 Å². The first-order valence-electron chi connectivity index (χ1n) is 13.1. The Hall–Kier alpha value is -4.78. The first-order valence-corrected chi connectivity index (χ1v) is 13.1. The van der Waals surface area contributed by atoms with E-state index in [1.165, 1.54) is 4.90 Å². The molecule has 5 rings (SSSR count). The number of benzene rings is 4. The van der Waals surface area contributed by atoms with Crippen LogP contribution in [0.2, 0.25) is 0 Å². The number of aliphatic carboxylic acids is 1. The van der Waals surface area contributed by atoms with E-state index in [2.05, 4.69) is 0 Å². The number of fused-ring (bicyclic) bond motifs is 1. The Bertz CT molecular complexity index is 1470. The first kappa shape index (κ1) is 26.8. The maximum Gasteiger partial charge on any atom is 0.326 e. The number of hydrogen-bond acceptors (Lipinski definition) is 5. The normalized spacial score (nSPS) is 15.1. The van der Waals surface area contributed by atoms with Gasteiger partial charge in [-0.1, -0.05) is 72.8 Å². The molecule has 7 heteroatoms. The number of carbonyl (C=O) groups is 2. The molecule has 4 aromatic rings. The molecule has 0 bridgehead atoms. The van der Waals surface area contributed by atoms with Gasteiger partial charge in [0.2, 0.25) is 6.10 Å². The highest BCUT2D eigenvalue weighted by atomic mass is 16.5. The Kier molecular flexibility index (Phi) is 8.01. The standard InChI is InChI=1S/C33H31NO6/c1-22-13-14-25-20-34(29(33(36)37)19-28(25)30(22)39-21-23-9-5-3-6-10-23)32(35)31(24-11-7-4-8-12-24)40-27-17-15-26(38-2)16-18-27/h3-18,29,31H,19-21H2,1-2H3,(H,36,37)/t29-,31-/m0/s1. The van der Waals surface area contributed by atoms with Gasteiger partial charge in [0.15, 0.2) is 0 Å². The quantitative estimate of drug-likeness (QED) is 0.293. The van der Waals surface area contributed by atoms with Crippen LogP contribution in [-0.2, 0) is 29.2 Å². The second-order valence-corrected chi connectivity index (χ2v) is 9.73. The highest BCUT2D eigenvalue weighted by Crippen LogP contribution is 2.36. The molecule has 204 valence electrons. The second-order valence-electron chi connectivity index (χ2n) is 9.73. The van der Waals surface area contributed by atoms with Gasteiger partial charge in [0.05, 0.1) is 7.11 Å². The van der Waals surface area contributed by atoms with Crippen molar-refractivity contribution in [3.63, 3.8) is 0 Å². The molecule has 2 atom stereocenters. The van der Waals surface area contributed by atoms with Gasteiger partial charge < -0.3 is 24.2 Å². The van der Waals surface area contributed by atoms with E-state index in [0.29, 0.717) is 29.4 Å². The molecular formula is C33H31NO6. The van der Waals surface area contributed by atoms with Crippen molar-refractivity contribution in [2.24, 2.45) is 0 Å². The highest BCUT2D eigenvalue weighted by molar-refractivity contribution is 5.88. The van der Waals surface area contributed by atoms with Crippen molar-refractivity contribution >= 4 is 11.9 Å². The van der Waals surface area contributed by atoms with Crippen LogP contribution in [0.1, 0.15) is 33.9 Å². The predicted molar refractivity (Wildman–Crippen MR) is 150 cm³/mol. The molecule has 1 N–H and O–H groups in total. The molecule has 0 radical (unpaired) electrons. The molecule has 1 aliphatic rings. The molecule has 0 spiro atoms. The van der Waals surface area contributed by atoms with Crippen molar-refractivity contribution < 1.29 is 28.9 Å². The lowest BCUT2D eigenvalue weighted by atomic mass is 9.90. The zero-order valence-electron chi connectivity index (χ0n) is 22.4. The van der Waals surface area contributed by atoms with Gasteiger partial charge in [-0.2, -0.15) is 0 Å². The molecule has 0 aromatic heterocycles. The van der Waals surface area contributed by atoms with Crippen molar-refractivity contribution in [2.45, 2.75) is 38.6 Å². The summed E-state index contributed by atoms with van der Waals surface area (Å²) in [5.41, 5.74) is 4.25. The molecule has 0 saturated heterocycles. The Morgan fingerprint density at radius 2 is 1.55 bits per heavy atom. The summed E-state index contributed by atoms with van der Waals surface area (Å²) in [6, 6.07) is 28.7. The van der Waals surface area contributed by atoms with Crippen molar-refractivity contribution in [1.82, 2.24) is 4.90 Å². The monoisotopic (exact) mass is 537 g/mol. The Morgan fingerprint density at radius 1 is 0.900 bits per heavy atom. The fourth-order valence-electron chi connectivity index (χ4n) is 4.97. The van der Waals surface area contributed by atoms with Crippen LogP contribution in [0.15, 0.2) is 97.1 Å². The average molecular weight is 538 g/mol. The van der Waals surface area contributed by atoms with E-state index in [1.54, 1.807) is 43.5 Å². The van der Waals surface area contributed by atoms with Crippen LogP contribution in [0.5, 0.6) is 17.2 Å². The fraction of sp³-hybridized carbons (Fsp3) is 0.212. The molecule has 7 nitrogen and oxygen atoms in total.